The average molecular weight is 287 g/mol. The van der Waals surface area contributed by atoms with E-state index >= 15 is 0 Å². The van der Waals surface area contributed by atoms with Crippen molar-refractivity contribution in [3.63, 3.8) is 0 Å². The third kappa shape index (κ3) is 1.80. The van der Waals surface area contributed by atoms with Gasteiger partial charge in [-0.2, -0.15) is 4.98 Å². The second kappa shape index (κ2) is 3.93. The van der Waals surface area contributed by atoms with Crippen LogP contribution in [0.2, 0.25) is 5.28 Å². The van der Waals surface area contributed by atoms with Gasteiger partial charge in [0.15, 0.2) is 11.6 Å². The highest BCUT2D eigenvalue weighted by Gasteiger charge is 2.68. The van der Waals surface area contributed by atoms with Gasteiger partial charge in [0.2, 0.25) is 5.28 Å². The molecule has 6 nitrogen and oxygen atoms in total. The maximum absolute atomic E-state index is 13.7. The first-order chi connectivity index (χ1) is 8.94. The van der Waals surface area contributed by atoms with Gasteiger partial charge in [-0.05, 0) is 17.5 Å². The standard InChI is InChI=1S/C11H12ClFN4O2/c1-5-6-3-17(4-11(5,6)16-10(18)19)8-7(13)2-14-9(12)15-8/h2,5-6,16H,3-4H2,1H3,(H,18,19)/t5-,6+,11-/m1/s1. The number of hydrogen-bond donors (Lipinski definition) is 2. The first kappa shape index (κ1) is 12.4. The van der Waals surface area contributed by atoms with Crippen LogP contribution in [-0.2, 0) is 0 Å². The zero-order valence-electron chi connectivity index (χ0n) is 10.1. The smallest absolute Gasteiger partial charge is 0.405 e. The summed E-state index contributed by atoms with van der Waals surface area (Å²) in [6.07, 6.45) is -0.0348. The van der Waals surface area contributed by atoms with Crippen LogP contribution in [0.3, 0.4) is 0 Å². The molecule has 2 aliphatic rings. The maximum atomic E-state index is 13.7. The summed E-state index contributed by atoms with van der Waals surface area (Å²) < 4.78 is 13.7. The number of halogens is 2. The summed E-state index contributed by atoms with van der Waals surface area (Å²) in [5, 5.41) is 11.4. The molecule has 0 spiro atoms. The maximum Gasteiger partial charge on any atom is 0.405 e. The van der Waals surface area contributed by atoms with E-state index in [0.717, 1.165) is 6.20 Å². The topological polar surface area (TPSA) is 78.4 Å². The van der Waals surface area contributed by atoms with Gasteiger partial charge in [-0.3, -0.25) is 0 Å². The molecule has 102 valence electrons. The highest BCUT2D eigenvalue weighted by Crippen LogP contribution is 2.55. The summed E-state index contributed by atoms with van der Waals surface area (Å²) in [4.78, 5) is 20.0. The third-order valence-corrected chi connectivity index (χ3v) is 4.36. The molecule has 1 saturated heterocycles. The van der Waals surface area contributed by atoms with E-state index < -0.39 is 17.4 Å². The minimum atomic E-state index is -1.06. The van der Waals surface area contributed by atoms with Crippen molar-refractivity contribution in [1.82, 2.24) is 15.3 Å². The lowest BCUT2D eigenvalue weighted by Gasteiger charge is -2.23. The van der Waals surface area contributed by atoms with Crippen LogP contribution in [0.25, 0.3) is 0 Å². The van der Waals surface area contributed by atoms with E-state index in [0.29, 0.717) is 13.1 Å². The first-order valence-electron chi connectivity index (χ1n) is 5.88. The van der Waals surface area contributed by atoms with Crippen LogP contribution in [0.1, 0.15) is 6.92 Å². The zero-order valence-corrected chi connectivity index (χ0v) is 10.9. The summed E-state index contributed by atoms with van der Waals surface area (Å²) in [5.41, 5.74) is -0.490. The summed E-state index contributed by atoms with van der Waals surface area (Å²) >= 11 is 5.67. The van der Waals surface area contributed by atoms with E-state index in [1.54, 1.807) is 4.90 Å². The Bertz CT molecular complexity index is 557. The van der Waals surface area contributed by atoms with Crippen molar-refractivity contribution in [1.29, 1.82) is 0 Å². The van der Waals surface area contributed by atoms with Crippen molar-refractivity contribution in [2.24, 2.45) is 11.8 Å². The summed E-state index contributed by atoms with van der Waals surface area (Å²) in [6, 6.07) is 0. The quantitative estimate of drug-likeness (QED) is 0.803. The lowest BCUT2D eigenvalue weighted by molar-refractivity contribution is 0.187. The predicted octanol–water partition coefficient (Wildman–Crippen LogP) is 1.36. The second-order valence-electron chi connectivity index (χ2n) is 5.06. The van der Waals surface area contributed by atoms with Crippen molar-refractivity contribution >= 4 is 23.5 Å². The molecule has 1 aliphatic heterocycles. The normalized spacial score (nSPS) is 32.1. The Kier molecular flexibility index (Phi) is 2.57. The number of aromatic nitrogens is 2. The van der Waals surface area contributed by atoms with Gasteiger partial charge in [-0.1, -0.05) is 6.92 Å². The first-order valence-corrected chi connectivity index (χ1v) is 6.26. The molecule has 8 heteroatoms. The number of rotatable bonds is 2. The number of amides is 1. The largest absolute Gasteiger partial charge is 0.465 e. The number of nitrogens with zero attached hydrogens (tertiary/aromatic N) is 3. The number of carboxylic acid groups (broad SMARTS) is 1. The number of hydrogen-bond acceptors (Lipinski definition) is 4. The molecule has 1 aromatic heterocycles. The molecule has 1 saturated carbocycles. The van der Waals surface area contributed by atoms with Crippen molar-refractivity contribution in [2.45, 2.75) is 12.5 Å². The van der Waals surface area contributed by atoms with Crippen LogP contribution in [-0.4, -0.2) is 39.8 Å². The van der Waals surface area contributed by atoms with Crippen LogP contribution < -0.4 is 10.2 Å². The van der Waals surface area contributed by atoms with Gasteiger partial charge in [0.05, 0.1) is 11.7 Å². The van der Waals surface area contributed by atoms with E-state index in [2.05, 4.69) is 15.3 Å². The molecule has 2 N–H and O–H groups in total. The molecule has 3 rings (SSSR count). The van der Waals surface area contributed by atoms with Gasteiger partial charge < -0.3 is 15.3 Å². The molecule has 2 fully saturated rings. The summed E-state index contributed by atoms with van der Waals surface area (Å²) in [7, 11) is 0. The molecule has 2 heterocycles. The molecule has 0 unspecified atom stereocenters. The van der Waals surface area contributed by atoms with Crippen molar-refractivity contribution in [3.8, 4) is 0 Å². The minimum Gasteiger partial charge on any atom is -0.465 e. The van der Waals surface area contributed by atoms with Crippen LogP contribution >= 0.6 is 11.6 Å². The van der Waals surface area contributed by atoms with E-state index in [-0.39, 0.29) is 22.9 Å². The van der Waals surface area contributed by atoms with Crippen molar-refractivity contribution in [3.05, 3.63) is 17.3 Å². The van der Waals surface area contributed by atoms with E-state index in [4.69, 9.17) is 16.7 Å². The fourth-order valence-corrected chi connectivity index (χ4v) is 3.22. The second-order valence-corrected chi connectivity index (χ2v) is 5.39. The molecule has 1 aromatic rings. The van der Waals surface area contributed by atoms with E-state index in [1.165, 1.54) is 0 Å². The van der Waals surface area contributed by atoms with Gasteiger partial charge in [0, 0.05) is 19.0 Å². The fraction of sp³-hybridized carbons (Fsp3) is 0.545. The highest BCUT2D eigenvalue weighted by molar-refractivity contribution is 6.28. The molecule has 3 atom stereocenters. The number of fused-ring (bicyclic) bond motifs is 1. The Labute approximate surface area is 113 Å². The lowest BCUT2D eigenvalue weighted by atomic mass is 10.2. The third-order valence-electron chi connectivity index (χ3n) is 4.17. The molecular formula is C11H12ClFN4O2. The monoisotopic (exact) mass is 286 g/mol. The van der Waals surface area contributed by atoms with Crippen LogP contribution in [0.5, 0.6) is 0 Å². The van der Waals surface area contributed by atoms with Crippen LogP contribution in [0.15, 0.2) is 6.20 Å². The Balaban J connectivity index is 1.84. The SMILES string of the molecule is C[C@@H]1[C@@H]2CN(c3nc(Cl)ncc3F)C[C@@]12NC(=O)O. The minimum absolute atomic E-state index is 0.0229. The summed E-state index contributed by atoms with van der Waals surface area (Å²) in [6.45, 7) is 2.95. The van der Waals surface area contributed by atoms with Gasteiger partial charge in [0.1, 0.15) is 0 Å². The number of nitrogens with one attached hydrogen (secondary N) is 1. The average Bonchev–Trinajstić information content (AvgIpc) is 2.72. The zero-order chi connectivity index (χ0) is 13.8. The molecule has 0 aromatic carbocycles. The van der Waals surface area contributed by atoms with Gasteiger partial charge in [0.25, 0.3) is 0 Å². The Morgan fingerprint density at radius 1 is 1.74 bits per heavy atom. The van der Waals surface area contributed by atoms with Crippen molar-refractivity contribution in [2.75, 3.05) is 18.0 Å². The fourth-order valence-electron chi connectivity index (χ4n) is 3.09. The number of anilines is 1. The van der Waals surface area contributed by atoms with E-state index in [1.807, 2.05) is 6.92 Å². The highest BCUT2D eigenvalue weighted by atomic mass is 35.5. The predicted molar refractivity (Wildman–Crippen MR) is 65.8 cm³/mol. The van der Waals surface area contributed by atoms with Crippen LogP contribution in [0, 0.1) is 17.7 Å². The van der Waals surface area contributed by atoms with Gasteiger partial charge >= 0.3 is 6.09 Å². The lowest BCUT2D eigenvalue weighted by Crippen LogP contribution is -2.43. The van der Waals surface area contributed by atoms with Crippen molar-refractivity contribution < 1.29 is 14.3 Å². The summed E-state index contributed by atoms with van der Waals surface area (Å²) in [5.74, 6) is 0.00625. The molecule has 1 aliphatic carbocycles. The molecule has 19 heavy (non-hydrogen) atoms. The number of carbonyl (C=O) groups is 1. The molecular weight excluding hydrogens is 275 g/mol. The molecule has 1 amide bonds. The van der Waals surface area contributed by atoms with Gasteiger partial charge in [-0.25, -0.2) is 14.2 Å². The van der Waals surface area contributed by atoms with Gasteiger partial charge in [-0.15, -0.1) is 0 Å². The Morgan fingerprint density at radius 2 is 2.47 bits per heavy atom. The van der Waals surface area contributed by atoms with Crippen LogP contribution in [0.4, 0.5) is 15.0 Å². The Hall–Kier alpha value is -1.63. The molecule has 0 radical (unpaired) electrons. The Morgan fingerprint density at radius 3 is 3.16 bits per heavy atom. The number of piperidine rings is 1. The molecule has 0 bridgehead atoms. The van der Waals surface area contributed by atoms with E-state index in [9.17, 15) is 9.18 Å².